The van der Waals surface area contributed by atoms with E-state index in [9.17, 15) is 4.79 Å². The van der Waals surface area contributed by atoms with Gasteiger partial charge < -0.3 is 4.57 Å². The molecule has 5 rings (SSSR count). The fourth-order valence-corrected chi connectivity index (χ4v) is 5.14. The van der Waals surface area contributed by atoms with Crippen molar-refractivity contribution in [2.75, 3.05) is 0 Å². The molecular formula is C26H20N2OS. The van der Waals surface area contributed by atoms with Gasteiger partial charge >= 0.3 is 0 Å². The summed E-state index contributed by atoms with van der Waals surface area (Å²) in [6.07, 6.45) is 2.12. The molecule has 0 saturated heterocycles. The maximum atomic E-state index is 12.9. The van der Waals surface area contributed by atoms with Crippen LogP contribution in [0.25, 0.3) is 31.8 Å². The van der Waals surface area contributed by atoms with Gasteiger partial charge in [0, 0.05) is 11.9 Å². The average Bonchev–Trinajstić information content (AvgIpc) is 3.12. The molecule has 5 aromatic rings. The number of aromatic nitrogens is 1. The van der Waals surface area contributed by atoms with Crippen LogP contribution in [0.2, 0.25) is 0 Å². The van der Waals surface area contributed by atoms with Gasteiger partial charge in [-0.15, -0.1) is 6.58 Å². The van der Waals surface area contributed by atoms with Crippen molar-refractivity contribution in [1.29, 1.82) is 0 Å². The van der Waals surface area contributed by atoms with Gasteiger partial charge in [-0.25, -0.2) is 0 Å². The van der Waals surface area contributed by atoms with Crippen LogP contribution < -0.4 is 4.80 Å². The molecule has 0 aliphatic heterocycles. The molecule has 1 aromatic heterocycles. The molecule has 0 unspecified atom stereocenters. The number of thiazole rings is 1. The van der Waals surface area contributed by atoms with Crippen LogP contribution in [0.5, 0.6) is 0 Å². The molecular weight excluding hydrogens is 388 g/mol. The van der Waals surface area contributed by atoms with E-state index in [-0.39, 0.29) is 12.3 Å². The molecule has 30 heavy (non-hydrogen) atoms. The molecule has 0 atom stereocenters. The fraction of sp³-hybridized carbons (Fsp3) is 0.0769. The van der Waals surface area contributed by atoms with Crippen LogP contribution in [-0.4, -0.2) is 10.5 Å². The van der Waals surface area contributed by atoms with Crippen molar-refractivity contribution in [3.8, 4) is 0 Å². The third-order valence-electron chi connectivity index (χ3n) is 5.33. The molecule has 4 aromatic carbocycles. The van der Waals surface area contributed by atoms with Gasteiger partial charge in [0.25, 0.3) is 5.91 Å². The third-order valence-corrected chi connectivity index (χ3v) is 6.45. The molecule has 0 fully saturated rings. The van der Waals surface area contributed by atoms with Gasteiger partial charge in [-0.1, -0.05) is 90.2 Å². The zero-order chi connectivity index (χ0) is 20.5. The first-order valence-electron chi connectivity index (χ1n) is 9.91. The Bertz CT molecular complexity index is 1480. The predicted octanol–water partition coefficient (Wildman–Crippen LogP) is 5.87. The number of carbonyl (C=O) groups excluding carboxylic acids is 1. The highest BCUT2D eigenvalue weighted by molar-refractivity contribution is 7.17. The third kappa shape index (κ3) is 3.25. The van der Waals surface area contributed by atoms with E-state index >= 15 is 0 Å². The van der Waals surface area contributed by atoms with Crippen LogP contribution in [0.3, 0.4) is 0 Å². The number of allylic oxidation sites excluding steroid dienone is 1. The zero-order valence-corrected chi connectivity index (χ0v) is 17.2. The Kier molecular flexibility index (Phi) is 4.77. The number of amides is 1. The molecule has 3 nitrogen and oxygen atoms in total. The molecule has 146 valence electrons. The van der Waals surface area contributed by atoms with E-state index in [1.54, 1.807) is 11.3 Å². The lowest BCUT2D eigenvalue weighted by atomic mass is 10.0. The Hall–Kier alpha value is -3.50. The Balaban J connectivity index is 1.62. The van der Waals surface area contributed by atoms with Crippen molar-refractivity contribution in [3.05, 3.63) is 102 Å². The van der Waals surface area contributed by atoms with Crippen LogP contribution in [0.4, 0.5) is 0 Å². The van der Waals surface area contributed by atoms with Crippen molar-refractivity contribution >= 4 is 49.0 Å². The highest BCUT2D eigenvalue weighted by atomic mass is 32.1. The standard InChI is InChI=1S/C26H20N2OS/c1-2-16-28-23-15-14-19-9-4-6-13-22(19)25(23)30-26(28)27-24(29)17-20-11-7-10-18-8-3-5-12-21(18)20/h2-15H,1,16-17H2. The minimum Gasteiger partial charge on any atom is -0.312 e. The quantitative estimate of drug-likeness (QED) is 0.343. The van der Waals surface area contributed by atoms with Crippen molar-refractivity contribution in [1.82, 2.24) is 4.57 Å². The summed E-state index contributed by atoms with van der Waals surface area (Å²) < 4.78 is 3.21. The second kappa shape index (κ2) is 7.73. The Morgan fingerprint density at radius 1 is 0.900 bits per heavy atom. The summed E-state index contributed by atoms with van der Waals surface area (Å²) in [6, 6.07) is 26.7. The van der Waals surface area contributed by atoms with Crippen LogP contribution in [0.15, 0.2) is 96.5 Å². The first-order chi connectivity index (χ1) is 14.7. The first-order valence-corrected chi connectivity index (χ1v) is 10.7. The SMILES string of the molecule is C=CCn1c(=NC(=O)Cc2cccc3ccccc23)sc2c3ccccc3ccc21. The zero-order valence-electron chi connectivity index (χ0n) is 16.4. The van der Waals surface area contributed by atoms with Crippen molar-refractivity contribution in [3.63, 3.8) is 0 Å². The summed E-state index contributed by atoms with van der Waals surface area (Å²) in [7, 11) is 0. The predicted molar refractivity (Wildman–Crippen MR) is 126 cm³/mol. The molecule has 0 aliphatic rings. The van der Waals surface area contributed by atoms with E-state index in [0.29, 0.717) is 11.3 Å². The fourth-order valence-electron chi connectivity index (χ4n) is 3.95. The number of benzene rings is 4. The van der Waals surface area contributed by atoms with E-state index in [4.69, 9.17) is 0 Å². The van der Waals surface area contributed by atoms with Gasteiger partial charge in [0.1, 0.15) is 0 Å². The Labute approximate surface area is 178 Å². The molecule has 0 N–H and O–H groups in total. The maximum Gasteiger partial charge on any atom is 0.252 e. The summed E-state index contributed by atoms with van der Waals surface area (Å²) in [5, 5.41) is 4.61. The normalized spacial score (nSPS) is 12.1. The maximum absolute atomic E-state index is 12.9. The number of carbonyl (C=O) groups is 1. The van der Waals surface area contributed by atoms with E-state index in [0.717, 1.165) is 26.6 Å². The summed E-state index contributed by atoms with van der Waals surface area (Å²) in [5.41, 5.74) is 2.08. The van der Waals surface area contributed by atoms with Crippen molar-refractivity contribution in [2.45, 2.75) is 13.0 Å². The summed E-state index contributed by atoms with van der Waals surface area (Å²) in [5.74, 6) is -0.139. The van der Waals surface area contributed by atoms with Gasteiger partial charge in [0.15, 0.2) is 4.80 Å². The van der Waals surface area contributed by atoms with Gasteiger partial charge in [-0.05, 0) is 27.8 Å². The lowest BCUT2D eigenvalue weighted by Gasteiger charge is -2.04. The summed E-state index contributed by atoms with van der Waals surface area (Å²) in [4.78, 5) is 18.2. The summed E-state index contributed by atoms with van der Waals surface area (Å²) in [6.45, 7) is 4.49. The monoisotopic (exact) mass is 408 g/mol. The van der Waals surface area contributed by atoms with Crippen molar-refractivity contribution in [2.24, 2.45) is 4.99 Å². The molecule has 4 heteroatoms. The lowest BCUT2D eigenvalue weighted by Crippen LogP contribution is -2.17. The molecule has 0 aliphatic carbocycles. The highest BCUT2D eigenvalue weighted by Crippen LogP contribution is 2.27. The van der Waals surface area contributed by atoms with Crippen molar-refractivity contribution < 1.29 is 4.79 Å². The smallest absolute Gasteiger partial charge is 0.252 e. The lowest BCUT2D eigenvalue weighted by molar-refractivity contribution is -0.117. The molecule has 0 saturated carbocycles. The van der Waals surface area contributed by atoms with Crippen LogP contribution in [0, 0.1) is 0 Å². The van der Waals surface area contributed by atoms with Crippen LogP contribution in [0.1, 0.15) is 5.56 Å². The highest BCUT2D eigenvalue weighted by Gasteiger charge is 2.11. The van der Waals surface area contributed by atoms with E-state index in [1.165, 1.54) is 10.8 Å². The second-order valence-corrected chi connectivity index (χ2v) is 8.22. The van der Waals surface area contributed by atoms with Crippen LogP contribution in [-0.2, 0) is 17.8 Å². The molecule has 0 radical (unpaired) electrons. The second-order valence-electron chi connectivity index (χ2n) is 7.24. The number of nitrogens with zero attached hydrogens (tertiary/aromatic N) is 2. The largest absolute Gasteiger partial charge is 0.312 e. The molecule has 0 bridgehead atoms. The topological polar surface area (TPSA) is 34.4 Å². The molecule has 1 heterocycles. The van der Waals surface area contributed by atoms with Gasteiger partial charge in [0.2, 0.25) is 0 Å². The number of hydrogen-bond acceptors (Lipinski definition) is 2. The van der Waals surface area contributed by atoms with Crippen LogP contribution >= 0.6 is 11.3 Å². The first kappa shape index (κ1) is 18.5. The number of rotatable bonds is 4. The minimum absolute atomic E-state index is 0.139. The van der Waals surface area contributed by atoms with Gasteiger partial charge in [-0.2, -0.15) is 4.99 Å². The summed E-state index contributed by atoms with van der Waals surface area (Å²) >= 11 is 1.56. The number of fused-ring (bicyclic) bond motifs is 4. The average molecular weight is 409 g/mol. The van der Waals surface area contributed by atoms with E-state index in [1.807, 2.05) is 42.5 Å². The minimum atomic E-state index is -0.139. The van der Waals surface area contributed by atoms with Gasteiger partial charge in [0.05, 0.1) is 16.6 Å². The van der Waals surface area contributed by atoms with Gasteiger partial charge in [-0.3, -0.25) is 4.79 Å². The van der Waals surface area contributed by atoms with E-state index in [2.05, 4.69) is 58.6 Å². The van der Waals surface area contributed by atoms with E-state index < -0.39 is 0 Å². The Morgan fingerprint density at radius 3 is 2.40 bits per heavy atom. The number of hydrogen-bond donors (Lipinski definition) is 0. The molecule has 1 amide bonds. The molecule has 0 spiro atoms. The Morgan fingerprint density at radius 2 is 1.60 bits per heavy atom.